The van der Waals surface area contributed by atoms with E-state index in [9.17, 15) is 19.4 Å². The first-order valence-corrected chi connectivity index (χ1v) is 5.76. The van der Waals surface area contributed by atoms with Gasteiger partial charge >= 0.3 is 5.97 Å². The van der Waals surface area contributed by atoms with Gasteiger partial charge in [-0.1, -0.05) is 6.07 Å². The molecule has 0 heterocycles. The topological polar surface area (TPSA) is 77.8 Å². The minimum Gasteiger partial charge on any atom is -0.478 e. The first-order valence-electron chi connectivity index (χ1n) is 5.13. The van der Waals surface area contributed by atoms with Gasteiger partial charge in [-0.15, -0.1) is 0 Å². The quantitative estimate of drug-likeness (QED) is 0.480. The van der Waals surface area contributed by atoms with Crippen molar-refractivity contribution in [1.29, 1.82) is 0 Å². The SMILES string of the molecule is O=C(O)/C=C/c1cc(C(O)C(O)CS)ccc1F. The van der Waals surface area contributed by atoms with E-state index in [4.69, 9.17) is 5.11 Å². The van der Waals surface area contributed by atoms with Gasteiger partial charge in [-0.3, -0.25) is 0 Å². The molecule has 0 aromatic heterocycles. The Balaban J connectivity index is 3.03. The maximum atomic E-state index is 13.4. The summed E-state index contributed by atoms with van der Waals surface area (Å²) in [6, 6.07) is 3.71. The van der Waals surface area contributed by atoms with E-state index in [1.165, 1.54) is 12.1 Å². The fourth-order valence-electron chi connectivity index (χ4n) is 1.36. The number of aliphatic hydroxyl groups excluding tert-OH is 2. The minimum absolute atomic E-state index is 0.0281. The number of carboxylic acids is 1. The van der Waals surface area contributed by atoms with E-state index in [-0.39, 0.29) is 11.3 Å². The van der Waals surface area contributed by atoms with Crippen LogP contribution < -0.4 is 0 Å². The number of aliphatic carboxylic acids is 1. The smallest absolute Gasteiger partial charge is 0.328 e. The molecule has 98 valence electrons. The molecule has 4 nitrogen and oxygen atoms in total. The predicted octanol–water partition coefficient (Wildman–Crippen LogP) is 1.25. The summed E-state index contributed by atoms with van der Waals surface area (Å²) in [6.07, 6.45) is -0.389. The summed E-state index contributed by atoms with van der Waals surface area (Å²) in [5, 5.41) is 27.6. The second-order valence-corrected chi connectivity index (χ2v) is 4.01. The van der Waals surface area contributed by atoms with Crippen molar-refractivity contribution >= 4 is 24.7 Å². The minimum atomic E-state index is -1.20. The third-order valence-electron chi connectivity index (χ3n) is 2.32. The number of hydrogen-bond acceptors (Lipinski definition) is 4. The van der Waals surface area contributed by atoms with Crippen LogP contribution in [-0.4, -0.2) is 33.1 Å². The van der Waals surface area contributed by atoms with Gasteiger partial charge in [0.2, 0.25) is 0 Å². The number of carbonyl (C=O) groups is 1. The highest BCUT2D eigenvalue weighted by atomic mass is 32.1. The lowest BCUT2D eigenvalue weighted by molar-refractivity contribution is -0.131. The maximum absolute atomic E-state index is 13.4. The molecule has 1 rings (SSSR count). The van der Waals surface area contributed by atoms with Crippen LogP contribution in [0.4, 0.5) is 4.39 Å². The van der Waals surface area contributed by atoms with Crippen molar-refractivity contribution in [1.82, 2.24) is 0 Å². The van der Waals surface area contributed by atoms with Crippen molar-refractivity contribution in [2.45, 2.75) is 12.2 Å². The molecule has 6 heteroatoms. The zero-order chi connectivity index (χ0) is 13.7. The van der Waals surface area contributed by atoms with Gasteiger partial charge in [-0.25, -0.2) is 9.18 Å². The van der Waals surface area contributed by atoms with Crippen LogP contribution in [0.15, 0.2) is 24.3 Å². The number of carboxylic acid groups (broad SMARTS) is 1. The Bertz CT molecular complexity index is 461. The molecule has 3 N–H and O–H groups in total. The van der Waals surface area contributed by atoms with Crippen molar-refractivity contribution in [3.05, 3.63) is 41.2 Å². The van der Waals surface area contributed by atoms with Crippen molar-refractivity contribution in [2.75, 3.05) is 5.75 Å². The molecule has 0 aliphatic rings. The van der Waals surface area contributed by atoms with Gasteiger partial charge in [0.1, 0.15) is 11.9 Å². The Morgan fingerprint density at radius 3 is 2.67 bits per heavy atom. The highest BCUT2D eigenvalue weighted by molar-refractivity contribution is 7.80. The summed E-state index contributed by atoms with van der Waals surface area (Å²) in [6.45, 7) is 0. The lowest BCUT2D eigenvalue weighted by Crippen LogP contribution is -2.19. The fraction of sp³-hybridized carbons (Fsp3) is 0.250. The zero-order valence-electron chi connectivity index (χ0n) is 9.32. The first-order chi connectivity index (χ1) is 8.45. The van der Waals surface area contributed by atoms with Crippen LogP contribution in [0.3, 0.4) is 0 Å². The van der Waals surface area contributed by atoms with Gasteiger partial charge in [-0.05, 0) is 23.8 Å². The average Bonchev–Trinajstić information content (AvgIpc) is 2.35. The summed E-state index contributed by atoms with van der Waals surface area (Å²) in [4.78, 5) is 10.3. The van der Waals surface area contributed by atoms with Gasteiger partial charge in [0, 0.05) is 17.4 Å². The van der Waals surface area contributed by atoms with E-state index in [0.29, 0.717) is 5.56 Å². The lowest BCUT2D eigenvalue weighted by atomic mass is 10.0. The van der Waals surface area contributed by atoms with Crippen LogP contribution in [0, 0.1) is 5.82 Å². The molecule has 1 aromatic rings. The van der Waals surface area contributed by atoms with Crippen LogP contribution in [-0.2, 0) is 4.79 Å². The van der Waals surface area contributed by atoms with E-state index < -0.39 is 24.0 Å². The van der Waals surface area contributed by atoms with Crippen molar-refractivity contribution < 1.29 is 24.5 Å². The van der Waals surface area contributed by atoms with E-state index in [1.807, 2.05) is 0 Å². The highest BCUT2D eigenvalue weighted by Crippen LogP contribution is 2.21. The summed E-state index contributed by atoms with van der Waals surface area (Å²) in [7, 11) is 0. The molecular weight excluding hydrogens is 259 g/mol. The van der Waals surface area contributed by atoms with Gasteiger partial charge in [0.15, 0.2) is 0 Å². The molecule has 0 bridgehead atoms. The fourth-order valence-corrected chi connectivity index (χ4v) is 1.56. The van der Waals surface area contributed by atoms with E-state index >= 15 is 0 Å². The number of thiol groups is 1. The molecule has 0 aliphatic heterocycles. The Kier molecular flexibility index (Phi) is 5.33. The molecular formula is C12H13FO4S. The van der Waals surface area contributed by atoms with Gasteiger partial charge in [0.05, 0.1) is 6.10 Å². The molecule has 0 spiro atoms. The Morgan fingerprint density at radius 1 is 1.44 bits per heavy atom. The molecule has 2 atom stereocenters. The van der Waals surface area contributed by atoms with Crippen LogP contribution in [0.2, 0.25) is 0 Å². The summed E-state index contributed by atoms with van der Waals surface area (Å²) >= 11 is 3.84. The predicted molar refractivity (Wildman–Crippen MR) is 67.9 cm³/mol. The maximum Gasteiger partial charge on any atom is 0.328 e. The number of halogens is 1. The Labute approximate surface area is 109 Å². The molecule has 0 aliphatic carbocycles. The Hall–Kier alpha value is -1.37. The van der Waals surface area contributed by atoms with Gasteiger partial charge in [-0.2, -0.15) is 12.6 Å². The summed E-state index contributed by atoms with van der Waals surface area (Å²) in [5.74, 6) is -1.75. The molecule has 0 saturated heterocycles. The summed E-state index contributed by atoms with van der Waals surface area (Å²) < 4.78 is 13.4. The number of hydrogen-bond donors (Lipinski definition) is 4. The van der Waals surface area contributed by atoms with Gasteiger partial charge < -0.3 is 15.3 Å². The van der Waals surface area contributed by atoms with Gasteiger partial charge in [0.25, 0.3) is 0 Å². The molecule has 0 radical (unpaired) electrons. The van der Waals surface area contributed by atoms with Crippen LogP contribution >= 0.6 is 12.6 Å². The van der Waals surface area contributed by atoms with E-state index in [0.717, 1.165) is 18.2 Å². The molecule has 0 amide bonds. The number of aliphatic hydroxyl groups is 2. The summed E-state index contributed by atoms with van der Waals surface area (Å²) in [5.41, 5.74) is 0.323. The van der Waals surface area contributed by atoms with Crippen LogP contribution in [0.25, 0.3) is 6.08 Å². The van der Waals surface area contributed by atoms with Crippen molar-refractivity contribution in [3.63, 3.8) is 0 Å². The second kappa shape index (κ2) is 6.53. The van der Waals surface area contributed by atoms with Crippen LogP contribution in [0.5, 0.6) is 0 Å². The lowest BCUT2D eigenvalue weighted by Gasteiger charge is -2.16. The standard InChI is InChI=1S/C12H13FO4S/c13-9-3-1-8(12(17)10(14)6-18)5-7(9)2-4-11(15)16/h1-5,10,12,14,17-18H,6H2,(H,15,16)/b4-2+. The zero-order valence-corrected chi connectivity index (χ0v) is 10.2. The highest BCUT2D eigenvalue weighted by Gasteiger charge is 2.17. The molecule has 0 saturated carbocycles. The number of benzene rings is 1. The Morgan fingerprint density at radius 2 is 2.11 bits per heavy atom. The largest absolute Gasteiger partial charge is 0.478 e. The molecule has 1 aromatic carbocycles. The third kappa shape index (κ3) is 3.83. The first kappa shape index (κ1) is 14.7. The normalized spacial score (nSPS) is 14.7. The molecule has 18 heavy (non-hydrogen) atoms. The monoisotopic (exact) mass is 272 g/mol. The van der Waals surface area contributed by atoms with Crippen molar-refractivity contribution in [2.24, 2.45) is 0 Å². The van der Waals surface area contributed by atoms with E-state index in [1.54, 1.807) is 0 Å². The average molecular weight is 272 g/mol. The molecule has 0 fully saturated rings. The number of rotatable bonds is 5. The van der Waals surface area contributed by atoms with Crippen molar-refractivity contribution in [3.8, 4) is 0 Å². The second-order valence-electron chi connectivity index (χ2n) is 3.65. The molecule has 2 unspecified atom stereocenters. The van der Waals surface area contributed by atoms with E-state index in [2.05, 4.69) is 12.6 Å². The third-order valence-corrected chi connectivity index (χ3v) is 2.69. The van der Waals surface area contributed by atoms with Crippen LogP contribution in [0.1, 0.15) is 17.2 Å².